The number of ether oxygens (including phenoxy) is 1. The van der Waals surface area contributed by atoms with Crippen molar-refractivity contribution >= 4 is 28.5 Å². The van der Waals surface area contributed by atoms with E-state index in [1.165, 1.54) is 30.2 Å². The molecule has 4 heterocycles. The van der Waals surface area contributed by atoms with Gasteiger partial charge in [-0.1, -0.05) is 23.7 Å². The van der Waals surface area contributed by atoms with E-state index in [9.17, 15) is 14.7 Å². The lowest BCUT2D eigenvalue weighted by molar-refractivity contribution is -0.142. The van der Waals surface area contributed by atoms with E-state index in [0.29, 0.717) is 54.6 Å². The fourth-order valence-electron chi connectivity index (χ4n) is 7.57. The van der Waals surface area contributed by atoms with Crippen molar-refractivity contribution in [3.05, 3.63) is 57.7 Å². The third-order valence-corrected chi connectivity index (χ3v) is 11.1. The highest BCUT2D eigenvalue weighted by molar-refractivity contribution is 6.31. The van der Waals surface area contributed by atoms with Gasteiger partial charge < -0.3 is 20.1 Å². The zero-order chi connectivity index (χ0) is 28.7. The van der Waals surface area contributed by atoms with Crippen LogP contribution in [0.15, 0.2) is 41.5 Å². The average molecular weight is 592 g/mol. The van der Waals surface area contributed by atoms with E-state index in [0.717, 1.165) is 43.5 Å². The van der Waals surface area contributed by atoms with Gasteiger partial charge in [0.05, 0.1) is 41.2 Å². The molecule has 3 aliphatic carbocycles. The van der Waals surface area contributed by atoms with Crippen LogP contribution in [0.1, 0.15) is 69.4 Å². The van der Waals surface area contributed by atoms with Crippen molar-refractivity contribution in [2.45, 2.75) is 81.6 Å². The second kappa shape index (κ2) is 9.64. The number of morpholine rings is 1. The summed E-state index contributed by atoms with van der Waals surface area (Å²) in [6, 6.07) is 9.94. The van der Waals surface area contributed by atoms with Crippen LogP contribution in [0, 0.1) is 11.3 Å². The zero-order valence-corrected chi connectivity index (χ0v) is 24.6. The Hall–Kier alpha value is -2.72. The molecule has 42 heavy (non-hydrogen) atoms. The van der Waals surface area contributed by atoms with E-state index in [4.69, 9.17) is 16.3 Å². The van der Waals surface area contributed by atoms with E-state index in [2.05, 4.69) is 22.4 Å². The quantitative estimate of drug-likeness (QED) is 0.450. The molecular formula is C32H38ClN5O4. The predicted molar refractivity (Wildman–Crippen MR) is 159 cm³/mol. The Balaban J connectivity index is 0.969. The van der Waals surface area contributed by atoms with Crippen molar-refractivity contribution in [3.8, 4) is 5.69 Å². The van der Waals surface area contributed by atoms with Gasteiger partial charge in [0.15, 0.2) is 5.65 Å². The molecule has 8 rings (SSSR count). The van der Waals surface area contributed by atoms with Crippen LogP contribution in [0.2, 0.25) is 5.15 Å². The molecular weight excluding hydrogens is 554 g/mol. The molecule has 5 fully saturated rings. The minimum absolute atomic E-state index is 0.0493. The van der Waals surface area contributed by atoms with Gasteiger partial charge in [-0.25, -0.2) is 4.98 Å². The number of fused-ring (bicyclic) bond motifs is 1. The molecule has 222 valence electrons. The monoisotopic (exact) mass is 591 g/mol. The Morgan fingerprint density at radius 3 is 2.43 bits per heavy atom. The number of nitrogens with zero attached hydrogens (tertiary/aromatic N) is 4. The maximum absolute atomic E-state index is 13.5. The highest BCUT2D eigenvalue weighted by atomic mass is 35.5. The van der Waals surface area contributed by atoms with Crippen molar-refractivity contribution in [1.29, 1.82) is 0 Å². The number of aromatic nitrogens is 3. The maximum Gasteiger partial charge on any atom is 0.262 e. The molecule has 9 nitrogen and oxygen atoms in total. The third kappa shape index (κ3) is 4.43. The van der Waals surface area contributed by atoms with Crippen LogP contribution in [0.5, 0.6) is 0 Å². The molecule has 1 aromatic carbocycles. The summed E-state index contributed by atoms with van der Waals surface area (Å²) in [5, 5.41) is 15.9. The number of rotatable bonds is 6. The Kier molecular flexibility index (Phi) is 6.17. The number of hydrogen-bond acceptors (Lipinski definition) is 6. The number of carbonyl (C=O) groups is 1. The fourth-order valence-corrected chi connectivity index (χ4v) is 7.86. The van der Waals surface area contributed by atoms with Gasteiger partial charge in [0.1, 0.15) is 11.5 Å². The van der Waals surface area contributed by atoms with Crippen LogP contribution < -0.4 is 10.9 Å². The first-order chi connectivity index (χ1) is 20.3. The number of amides is 1. The first kappa shape index (κ1) is 26.9. The van der Waals surface area contributed by atoms with Crippen LogP contribution in [-0.2, 0) is 16.1 Å². The highest BCUT2D eigenvalue weighted by Gasteiger charge is 2.60. The summed E-state index contributed by atoms with van der Waals surface area (Å²) in [5.74, 6) is 0.851. The summed E-state index contributed by atoms with van der Waals surface area (Å²) >= 11 is 6.66. The maximum atomic E-state index is 13.5. The molecule has 1 unspecified atom stereocenters. The molecule has 1 atom stereocenters. The molecule has 3 aromatic rings. The Morgan fingerprint density at radius 2 is 1.83 bits per heavy atom. The number of carbonyl (C=O) groups excluding carboxylic acids is 1. The summed E-state index contributed by atoms with van der Waals surface area (Å²) < 4.78 is 9.48. The second-order valence-electron chi connectivity index (χ2n) is 13.5. The van der Waals surface area contributed by atoms with Crippen LogP contribution in [-0.4, -0.2) is 67.5 Å². The largest absolute Gasteiger partial charge is 0.388 e. The summed E-state index contributed by atoms with van der Waals surface area (Å²) in [7, 11) is 0. The van der Waals surface area contributed by atoms with Crippen molar-refractivity contribution in [2.75, 3.05) is 26.2 Å². The minimum atomic E-state index is -1.07. The van der Waals surface area contributed by atoms with Crippen LogP contribution in [0.3, 0.4) is 0 Å². The number of hydrogen-bond donors (Lipinski definition) is 2. The number of aliphatic hydroxyl groups is 1. The van der Waals surface area contributed by atoms with Gasteiger partial charge >= 0.3 is 0 Å². The van der Waals surface area contributed by atoms with Gasteiger partial charge in [0, 0.05) is 25.3 Å². The van der Waals surface area contributed by atoms with Gasteiger partial charge in [0.25, 0.3) is 5.56 Å². The number of likely N-dealkylation sites (tertiary alicyclic amines) is 1. The smallest absolute Gasteiger partial charge is 0.262 e. The van der Waals surface area contributed by atoms with Gasteiger partial charge in [-0.15, -0.1) is 0 Å². The summed E-state index contributed by atoms with van der Waals surface area (Å²) in [4.78, 5) is 33.3. The topological polar surface area (TPSA) is 102 Å². The summed E-state index contributed by atoms with van der Waals surface area (Å²) in [6.45, 7) is 2.73. The molecule has 0 bridgehead atoms. The number of halogens is 1. The van der Waals surface area contributed by atoms with Crippen LogP contribution in [0.4, 0.5) is 0 Å². The molecule has 2 aliphatic heterocycles. The number of nitrogens with one attached hydrogen (secondary N) is 1. The Morgan fingerprint density at radius 1 is 1.10 bits per heavy atom. The summed E-state index contributed by atoms with van der Waals surface area (Å²) in [5.41, 5.74) is 1.11. The van der Waals surface area contributed by atoms with Gasteiger partial charge in [0.2, 0.25) is 5.91 Å². The summed E-state index contributed by atoms with van der Waals surface area (Å²) in [6.07, 6.45) is 10.3. The van der Waals surface area contributed by atoms with Crippen LogP contribution in [0.25, 0.3) is 16.7 Å². The lowest BCUT2D eigenvalue weighted by atomic mass is 9.78. The van der Waals surface area contributed by atoms with Gasteiger partial charge in [-0.2, -0.15) is 0 Å². The SMILES string of the molecule is O=C(N1CCC(O)(Cn2cnc3c(cc(Cl)n3-c3ccc(C4COC5(CCC5)CN4)cc3)c2=O)CC1)C1(C2CC2)CC1. The second-order valence-corrected chi connectivity index (χ2v) is 13.9. The lowest BCUT2D eigenvalue weighted by Crippen LogP contribution is -2.54. The van der Waals surface area contributed by atoms with E-state index < -0.39 is 5.60 Å². The zero-order valence-electron chi connectivity index (χ0n) is 23.9. The van der Waals surface area contributed by atoms with E-state index in [1.807, 2.05) is 17.0 Å². The number of piperidine rings is 1. The highest BCUT2D eigenvalue weighted by Crippen LogP contribution is 2.62. The molecule has 5 aliphatic rings. The molecule has 2 aromatic heterocycles. The molecule has 0 radical (unpaired) electrons. The standard InChI is InChI=1S/C32H38ClN5O4/c33-26-16-24-27(38(26)23-6-2-21(3-7-23)25-17-42-31(18-34-25)8-1-9-31)35-20-37(28(24)39)19-30(41)12-14-36(15-13-30)29(40)32(10-11-32)22-4-5-22/h2-3,6-7,16,20,22,25,34,41H,1,4-5,8-15,17-19H2. The van der Waals surface area contributed by atoms with E-state index in [-0.39, 0.29) is 35.1 Å². The minimum Gasteiger partial charge on any atom is -0.388 e. The molecule has 1 amide bonds. The molecule has 1 spiro atoms. The molecule has 3 saturated carbocycles. The predicted octanol–water partition coefficient (Wildman–Crippen LogP) is 3.97. The Labute approximate surface area is 249 Å². The third-order valence-electron chi connectivity index (χ3n) is 10.8. The van der Waals surface area contributed by atoms with Crippen molar-refractivity contribution in [1.82, 2.24) is 24.3 Å². The first-order valence-electron chi connectivity index (χ1n) is 15.5. The van der Waals surface area contributed by atoms with Gasteiger partial charge in [-0.05, 0) is 87.5 Å². The molecule has 2 N–H and O–H groups in total. The lowest BCUT2D eigenvalue weighted by Gasteiger charge is -2.47. The van der Waals surface area contributed by atoms with Crippen molar-refractivity contribution in [3.63, 3.8) is 0 Å². The molecule has 2 saturated heterocycles. The Bertz CT molecular complexity index is 1580. The average Bonchev–Trinajstić information content (AvgIpc) is 3.91. The molecule has 10 heteroatoms. The van der Waals surface area contributed by atoms with Crippen molar-refractivity contribution < 1.29 is 14.6 Å². The normalized spacial score (nSPS) is 25.9. The van der Waals surface area contributed by atoms with Gasteiger partial charge in [-0.3, -0.25) is 18.7 Å². The van der Waals surface area contributed by atoms with E-state index >= 15 is 0 Å². The van der Waals surface area contributed by atoms with Crippen LogP contribution >= 0.6 is 11.6 Å². The number of benzene rings is 1. The fraction of sp³-hybridized carbons (Fsp3) is 0.594. The van der Waals surface area contributed by atoms with Crippen molar-refractivity contribution in [2.24, 2.45) is 11.3 Å². The van der Waals surface area contributed by atoms with E-state index in [1.54, 1.807) is 10.6 Å². The first-order valence-corrected chi connectivity index (χ1v) is 15.9.